The summed E-state index contributed by atoms with van der Waals surface area (Å²) >= 11 is 0. The Labute approximate surface area is 272 Å². The molecule has 3 amide bonds. The largest absolute Gasteiger partial charge is 0.482 e. The van der Waals surface area contributed by atoms with Crippen LogP contribution in [0.1, 0.15) is 48.7 Å². The average Bonchev–Trinajstić information content (AvgIpc) is 3.60. The maximum absolute atomic E-state index is 14.0. The summed E-state index contributed by atoms with van der Waals surface area (Å²) in [6.45, 7) is 2.57. The van der Waals surface area contributed by atoms with Gasteiger partial charge in [-0.05, 0) is 50.3 Å². The van der Waals surface area contributed by atoms with Crippen molar-refractivity contribution >= 4 is 23.9 Å². The van der Waals surface area contributed by atoms with Crippen LogP contribution in [0.15, 0.2) is 60.7 Å². The van der Waals surface area contributed by atoms with Gasteiger partial charge in [-0.25, -0.2) is 14.6 Å². The minimum atomic E-state index is -1.12. The molecule has 2 N–H and O–H groups in total. The zero-order chi connectivity index (χ0) is 33.2. The Kier molecular flexibility index (Phi) is 11.2. The maximum atomic E-state index is 14.0. The van der Waals surface area contributed by atoms with Gasteiger partial charge in [0.05, 0.1) is 6.61 Å². The molecule has 5 rings (SSSR count). The van der Waals surface area contributed by atoms with Crippen LogP contribution in [0.4, 0.5) is 4.79 Å². The Morgan fingerprint density at radius 2 is 1.66 bits per heavy atom. The number of piperazine rings is 1. The first-order valence-electron chi connectivity index (χ1n) is 15.8. The van der Waals surface area contributed by atoms with Crippen LogP contribution in [0.3, 0.4) is 0 Å². The van der Waals surface area contributed by atoms with Crippen molar-refractivity contribution in [1.29, 1.82) is 0 Å². The summed E-state index contributed by atoms with van der Waals surface area (Å²) in [6, 6.07) is 16.5. The molecule has 1 atom stereocenters. The molecule has 1 unspecified atom stereocenters. The van der Waals surface area contributed by atoms with Crippen molar-refractivity contribution in [3.63, 3.8) is 0 Å². The first-order chi connectivity index (χ1) is 22.8. The number of aromatic nitrogens is 2. The van der Waals surface area contributed by atoms with Gasteiger partial charge in [0, 0.05) is 44.2 Å². The van der Waals surface area contributed by atoms with Gasteiger partial charge in [0.25, 0.3) is 5.91 Å². The first-order valence-corrected chi connectivity index (χ1v) is 15.8. The molecule has 2 aliphatic rings. The first kappa shape index (κ1) is 33.2. The molecule has 1 saturated carbocycles. The molecule has 0 radical (unpaired) electrons. The molecule has 248 valence electrons. The fourth-order valence-corrected chi connectivity index (χ4v) is 5.61. The van der Waals surface area contributed by atoms with Gasteiger partial charge in [0.15, 0.2) is 12.4 Å². The number of aliphatic carboxylic acids is 1. The minimum Gasteiger partial charge on any atom is -0.482 e. The van der Waals surface area contributed by atoms with Crippen molar-refractivity contribution in [2.45, 2.75) is 51.2 Å². The van der Waals surface area contributed by atoms with E-state index in [0.29, 0.717) is 22.7 Å². The van der Waals surface area contributed by atoms with Gasteiger partial charge in [0.1, 0.15) is 23.6 Å². The van der Waals surface area contributed by atoms with Crippen LogP contribution < -0.4 is 14.8 Å². The number of carbonyl (C=O) groups excluding carboxylic acids is 3. The van der Waals surface area contributed by atoms with E-state index in [1.807, 2.05) is 30.3 Å². The molecule has 13 heteroatoms. The van der Waals surface area contributed by atoms with Crippen LogP contribution >= 0.6 is 0 Å². The van der Waals surface area contributed by atoms with Crippen LogP contribution in [0.5, 0.6) is 11.6 Å². The number of carbonyl (C=O) groups is 4. The average molecular weight is 646 g/mol. The van der Waals surface area contributed by atoms with Crippen molar-refractivity contribution in [1.82, 2.24) is 25.1 Å². The summed E-state index contributed by atoms with van der Waals surface area (Å²) in [6.07, 6.45) is 3.60. The molecule has 0 spiro atoms. The zero-order valence-electron chi connectivity index (χ0n) is 26.3. The zero-order valence-corrected chi connectivity index (χ0v) is 26.3. The summed E-state index contributed by atoms with van der Waals surface area (Å²) in [5, 5.41) is 11.9. The van der Waals surface area contributed by atoms with E-state index in [-0.39, 0.29) is 62.8 Å². The molecule has 1 aromatic heterocycles. The number of carboxylic acid groups (broad SMARTS) is 1. The van der Waals surface area contributed by atoms with Crippen molar-refractivity contribution in [3.8, 4) is 23.0 Å². The summed E-state index contributed by atoms with van der Waals surface area (Å²) in [5.41, 5.74) is 1.41. The van der Waals surface area contributed by atoms with Crippen LogP contribution in [0.25, 0.3) is 11.4 Å². The molecule has 1 aliphatic carbocycles. The molecular formula is C34H39N5O8. The normalized spacial score (nSPS) is 15.5. The predicted octanol–water partition coefficient (Wildman–Crippen LogP) is 3.57. The Balaban J connectivity index is 1.39. The smallest absolute Gasteiger partial charge is 0.409 e. The highest BCUT2D eigenvalue weighted by atomic mass is 16.6. The lowest BCUT2D eigenvalue weighted by atomic mass is 10.0. The van der Waals surface area contributed by atoms with E-state index in [4.69, 9.17) is 19.3 Å². The molecule has 2 aromatic carbocycles. The van der Waals surface area contributed by atoms with E-state index in [1.165, 1.54) is 6.07 Å². The summed E-state index contributed by atoms with van der Waals surface area (Å²) < 4.78 is 16.6. The van der Waals surface area contributed by atoms with Gasteiger partial charge in [0.2, 0.25) is 11.8 Å². The van der Waals surface area contributed by atoms with Crippen LogP contribution in [0, 0.1) is 0 Å². The Morgan fingerprint density at radius 3 is 2.36 bits per heavy atom. The fourth-order valence-electron chi connectivity index (χ4n) is 5.61. The number of carboxylic acids is 1. The standard InChI is InChI=1S/C34H39N5O8/c1-2-45-34(44)39-17-15-38(16-18-39)33(43)28(20-23-9-8-14-26(19-23)46-22-30(40)41)36-32(42)27-21-29(47-25-12-6-7-13-25)37-31(35-27)24-10-4-3-5-11-24/h3-5,8-11,14,19,21,25,28H,2,6-7,12-13,15-18,20,22H2,1H3,(H,36,42)(H,40,41). The Morgan fingerprint density at radius 1 is 0.936 bits per heavy atom. The van der Waals surface area contributed by atoms with Crippen LogP contribution in [-0.2, 0) is 20.7 Å². The number of hydrogen-bond acceptors (Lipinski definition) is 9. The lowest BCUT2D eigenvalue weighted by Crippen LogP contribution is -2.56. The van der Waals surface area contributed by atoms with E-state index in [9.17, 15) is 19.2 Å². The molecule has 2 heterocycles. The van der Waals surface area contributed by atoms with E-state index in [0.717, 1.165) is 25.7 Å². The third kappa shape index (κ3) is 9.18. The van der Waals surface area contributed by atoms with Crippen molar-refractivity contribution in [2.24, 2.45) is 0 Å². The number of benzene rings is 2. The highest BCUT2D eigenvalue weighted by Crippen LogP contribution is 2.26. The lowest BCUT2D eigenvalue weighted by molar-refractivity contribution is -0.139. The number of rotatable bonds is 12. The maximum Gasteiger partial charge on any atom is 0.409 e. The van der Waals surface area contributed by atoms with Gasteiger partial charge in [-0.3, -0.25) is 9.59 Å². The van der Waals surface area contributed by atoms with Crippen LogP contribution in [0.2, 0.25) is 0 Å². The quantitative estimate of drug-likeness (QED) is 0.298. The number of hydrogen-bond donors (Lipinski definition) is 2. The molecular weight excluding hydrogens is 606 g/mol. The molecule has 47 heavy (non-hydrogen) atoms. The molecule has 3 aromatic rings. The molecule has 2 fully saturated rings. The van der Waals surface area contributed by atoms with Crippen molar-refractivity contribution < 1.29 is 38.5 Å². The monoisotopic (exact) mass is 645 g/mol. The van der Waals surface area contributed by atoms with Gasteiger partial charge in [-0.1, -0.05) is 42.5 Å². The van der Waals surface area contributed by atoms with E-state index < -0.39 is 30.6 Å². The second kappa shape index (κ2) is 15.9. The predicted molar refractivity (Wildman–Crippen MR) is 170 cm³/mol. The third-order valence-electron chi connectivity index (χ3n) is 7.98. The SMILES string of the molecule is CCOC(=O)N1CCN(C(=O)C(Cc2cccc(OCC(=O)O)c2)NC(=O)c2cc(OC3CCCC3)nc(-c3ccccc3)n2)CC1. The van der Waals surface area contributed by atoms with E-state index in [1.54, 1.807) is 41.0 Å². The summed E-state index contributed by atoms with van der Waals surface area (Å²) in [7, 11) is 0. The number of nitrogens with zero attached hydrogens (tertiary/aromatic N) is 4. The second-order valence-electron chi connectivity index (χ2n) is 11.4. The molecule has 1 saturated heterocycles. The van der Waals surface area contributed by atoms with Crippen LogP contribution in [-0.4, -0.2) is 100 Å². The lowest BCUT2D eigenvalue weighted by Gasteiger charge is -2.36. The fraction of sp³-hybridized carbons (Fsp3) is 0.412. The Bertz CT molecular complexity index is 1560. The highest BCUT2D eigenvalue weighted by molar-refractivity contribution is 5.96. The highest BCUT2D eigenvalue weighted by Gasteiger charge is 2.31. The number of amides is 3. The van der Waals surface area contributed by atoms with E-state index in [2.05, 4.69) is 15.3 Å². The molecule has 0 bridgehead atoms. The van der Waals surface area contributed by atoms with Gasteiger partial charge in [-0.15, -0.1) is 0 Å². The number of nitrogens with one attached hydrogen (secondary N) is 1. The van der Waals surface area contributed by atoms with Crippen molar-refractivity contribution in [3.05, 3.63) is 71.9 Å². The van der Waals surface area contributed by atoms with Gasteiger partial charge >= 0.3 is 12.1 Å². The Hall–Kier alpha value is -5.20. The summed E-state index contributed by atoms with van der Waals surface area (Å²) in [4.78, 5) is 63.4. The molecule has 13 nitrogen and oxygen atoms in total. The summed E-state index contributed by atoms with van der Waals surface area (Å²) in [5.74, 6) is -1.10. The number of ether oxygens (including phenoxy) is 3. The van der Waals surface area contributed by atoms with E-state index >= 15 is 0 Å². The van der Waals surface area contributed by atoms with Crippen molar-refractivity contribution in [2.75, 3.05) is 39.4 Å². The topological polar surface area (TPSA) is 160 Å². The third-order valence-corrected chi connectivity index (χ3v) is 7.98. The van der Waals surface area contributed by atoms with Gasteiger partial charge in [-0.2, -0.15) is 4.98 Å². The molecule has 1 aliphatic heterocycles. The minimum absolute atomic E-state index is 0.00246. The second-order valence-corrected chi connectivity index (χ2v) is 11.4. The van der Waals surface area contributed by atoms with Gasteiger partial charge < -0.3 is 34.4 Å².